The second-order valence-electron chi connectivity index (χ2n) is 4.45. The number of hydrogen-bond acceptors (Lipinski definition) is 3. The summed E-state index contributed by atoms with van der Waals surface area (Å²) < 4.78 is 0. The molecule has 92 valence electrons. The highest BCUT2D eigenvalue weighted by atomic mass is 16.1. The van der Waals surface area contributed by atoms with Gasteiger partial charge >= 0.3 is 0 Å². The predicted octanol–water partition coefficient (Wildman–Crippen LogP) is 0.836. The number of nitrogens with two attached hydrogens (primary N) is 1. The number of H-pyrrole nitrogens is 1. The van der Waals surface area contributed by atoms with Crippen LogP contribution in [0.3, 0.4) is 0 Å². The maximum Gasteiger partial charge on any atom is 0.192 e. The van der Waals surface area contributed by atoms with Crippen molar-refractivity contribution in [2.24, 2.45) is 10.8 Å². The molecule has 0 unspecified atom stereocenters. The Balaban J connectivity index is 2.31. The minimum absolute atomic E-state index is 0.0593. The first-order valence-corrected chi connectivity index (χ1v) is 5.95. The summed E-state index contributed by atoms with van der Waals surface area (Å²) in [5.74, 6) is 5.94. The Hall–Kier alpha value is -1.62. The molecule has 1 aromatic heterocycles. The summed E-state index contributed by atoms with van der Waals surface area (Å²) in [6.45, 7) is 1.84. The van der Waals surface area contributed by atoms with Crippen molar-refractivity contribution in [1.82, 2.24) is 10.4 Å². The van der Waals surface area contributed by atoms with Crippen molar-refractivity contribution in [3.63, 3.8) is 0 Å². The molecule has 0 aromatic carbocycles. The Kier molecular flexibility index (Phi) is 3.58. The monoisotopic (exact) mass is 234 g/mol. The van der Waals surface area contributed by atoms with Crippen molar-refractivity contribution in [3.8, 4) is 0 Å². The lowest BCUT2D eigenvalue weighted by atomic mass is 10.2. The third kappa shape index (κ3) is 2.74. The zero-order chi connectivity index (χ0) is 12.3. The fourth-order valence-electron chi connectivity index (χ4n) is 2.16. The standard InChI is InChI=1S/C12H18N4O/c1-8-6-11(17)10(7-14-8)12(16-13)15-9-4-2-3-5-9/h6-7,9H,2-5,13H2,1H3,(H,14,17)(H,15,16). The molecule has 1 aliphatic rings. The van der Waals surface area contributed by atoms with E-state index in [1.165, 1.54) is 12.8 Å². The molecule has 0 aliphatic heterocycles. The number of aromatic nitrogens is 1. The summed E-state index contributed by atoms with van der Waals surface area (Å²) >= 11 is 0. The maximum atomic E-state index is 11.8. The third-order valence-electron chi connectivity index (χ3n) is 3.09. The van der Waals surface area contributed by atoms with Crippen molar-refractivity contribution in [1.29, 1.82) is 0 Å². The molecule has 0 radical (unpaired) electrons. The quantitative estimate of drug-likeness (QED) is 0.307. The lowest BCUT2D eigenvalue weighted by molar-refractivity contribution is 0.700. The van der Waals surface area contributed by atoms with Crippen LogP contribution in [0, 0.1) is 6.92 Å². The number of aryl methyl sites for hydroxylation is 1. The SMILES string of the molecule is Cc1cc(=O)c(C(=NC2CCCC2)NN)c[nH]1. The van der Waals surface area contributed by atoms with Crippen LogP contribution in [0.1, 0.15) is 36.9 Å². The molecule has 2 rings (SSSR count). The van der Waals surface area contributed by atoms with E-state index in [2.05, 4.69) is 15.4 Å². The molecule has 0 atom stereocenters. The number of aromatic amines is 1. The smallest absolute Gasteiger partial charge is 0.192 e. The normalized spacial score (nSPS) is 17.4. The molecule has 0 bridgehead atoms. The molecular weight excluding hydrogens is 216 g/mol. The highest BCUT2D eigenvalue weighted by molar-refractivity contribution is 5.98. The van der Waals surface area contributed by atoms with Gasteiger partial charge in [0, 0.05) is 18.0 Å². The molecule has 4 N–H and O–H groups in total. The van der Waals surface area contributed by atoms with Crippen molar-refractivity contribution >= 4 is 5.84 Å². The van der Waals surface area contributed by atoms with Crippen LogP contribution >= 0.6 is 0 Å². The second kappa shape index (κ2) is 5.14. The van der Waals surface area contributed by atoms with E-state index in [0.29, 0.717) is 17.4 Å². The Morgan fingerprint density at radius 3 is 2.82 bits per heavy atom. The van der Waals surface area contributed by atoms with E-state index in [0.717, 1.165) is 18.5 Å². The zero-order valence-electron chi connectivity index (χ0n) is 9.99. The number of rotatable bonds is 2. The Labute approximate surface area is 100 Å². The van der Waals surface area contributed by atoms with Crippen LogP contribution in [0.15, 0.2) is 22.1 Å². The molecule has 0 amide bonds. The van der Waals surface area contributed by atoms with E-state index in [1.807, 2.05) is 6.92 Å². The summed E-state index contributed by atoms with van der Waals surface area (Å²) in [5, 5.41) is 0. The van der Waals surface area contributed by atoms with Gasteiger partial charge in [-0.2, -0.15) is 0 Å². The Morgan fingerprint density at radius 1 is 1.53 bits per heavy atom. The van der Waals surface area contributed by atoms with E-state index < -0.39 is 0 Å². The summed E-state index contributed by atoms with van der Waals surface area (Å²) in [5.41, 5.74) is 3.81. The Bertz CT molecular complexity index is 472. The molecular formula is C12H18N4O. The van der Waals surface area contributed by atoms with E-state index in [1.54, 1.807) is 12.3 Å². The van der Waals surface area contributed by atoms with E-state index in [9.17, 15) is 4.79 Å². The van der Waals surface area contributed by atoms with Gasteiger partial charge in [-0.1, -0.05) is 12.8 Å². The largest absolute Gasteiger partial charge is 0.364 e. The number of aliphatic imine (C=N–C) groups is 1. The maximum absolute atomic E-state index is 11.8. The molecule has 1 heterocycles. The third-order valence-corrected chi connectivity index (χ3v) is 3.09. The molecule has 17 heavy (non-hydrogen) atoms. The second-order valence-corrected chi connectivity index (χ2v) is 4.45. The van der Waals surface area contributed by atoms with E-state index in [4.69, 9.17) is 5.84 Å². The number of nitrogens with zero attached hydrogens (tertiary/aromatic N) is 1. The van der Waals surface area contributed by atoms with Crippen LogP contribution in [0.5, 0.6) is 0 Å². The lowest BCUT2D eigenvalue weighted by Crippen LogP contribution is -2.35. The minimum atomic E-state index is -0.0593. The van der Waals surface area contributed by atoms with E-state index >= 15 is 0 Å². The van der Waals surface area contributed by atoms with Crippen LogP contribution in [0.2, 0.25) is 0 Å². The number of nitrogens with one attached hydrogen (secondary N) is 2. The minimum Gasteiger partial charge on any atom is -0.364 e. The van der Waals surface area contributed by atoms with Gasteiger partial charge in [0.05, 0.1) is 11.6 Å². The lowest BCUT2D eigenvalue weighted by Gasteiger charge is -2.09. The van der Waals surface area contributed by atoms with Gasteiger partial charge in [-0.05, 0) is 19.8 Å². The summed E-state index contributed by atoms with van der Waals surface area (Å²) in [6.07, 6.45) is 6.22. The Morgan fingerprint density at radius 2 is 2.24 bits per heavy atom. The first kappa shape index (κ1) is 11.9. The predicted molar refractivity (Wildman–Crippen MR) is 67.9 cm³/mol. The number of hydrogen-bond donors (Lipinski definition) is 3. The van der Waals surface area contributed by atoms with Gasteiger partial charge in [-0.3, -0.25) is 9.79 Å². The molecule has 1 aromatic rings. The van der Waals surface area contributed by atoms with Gasteiger partial charge in [0.25, 0.3) is 0 Å². The molecule has 1 aliphatic carbocycles. The van der Waals surface area contributed by atoms with Gasteiger partial charge in [0.1, 0.15) is 5.84 Å². The molecule has 5 nitrogen and oxygen atoms in total. The molecule has 0 saturated heterocycles. The van der Waals surface area contributed by atoms with Crippen molar-refractivity contribution in [2.45, 2.75) is 38.6 Å². The van der Waals surface area contributed by atoms with Crippen molar-refractivity contribution in [2.75, 3.05) is 0 Å². The molecule has 5 heteroatoms. The van der Waals surface area contributed by atoms with Gasteiger partial charge < -0.3 is 10.4 Å². The van der Waals surface area contributed by atoms with Crippen molar-refractivity contribution in [3.05, 3.63) is 33.7 Å². The van der Waals surface area contributed by atoms with E-state index in [-0.39, 0.29) is 5.43 Å². The first-order valence-electron chi connectivity index (χ1n) is 5.95. The topological polar surface area (TPSA) is 83.3 Å². The first-order chi connectivity index (χ1) is 8.20. The number of hydrazine groups is 1. The van der Waals surface area contributed by atoms with Gasteiger partial charge in [0.2, 0.25) is 0 Å². The summed E-state index contributed by atoms with van der Waals surface area (Å²) in [6, 6.07) is 1.85. The fraction of sp³-hybridized carbons (Fsp3) is 0.500. The average molecular weight is 234 g/mol. The number of amidine groups is 1. The molecule has 0 spiro atoms. The van der Waals surface area contributed by atoms with Gasteiger partial charge in [-0.15, -0.1) is 0 Å². The van der Waals surface area contributed by atoms with Crippen LogP contribution in [-0.4, -0.2) is 16.9 Å². The molecule has 1 fully saturated rings. The zero-order valence-corrected chi connectivity index (χ0v) is 9.99. The van der Waals surface area contributed by atoms with Crippen molar-refractivity contribution < 1.29 is 0 Å². The van der Waals surface area contributed by atoms with Crippen LogP contribution in [0.25, 0.3) is 0 Å². The summed E-state index contributed by atoms with van der Waals surface area (Å²) in [4.78, 5) is 19.3. The number of pyridine rings is 1. The van der Waals surface area contributed by atoms with Gasteiger partial charge in [0.15, 0.2) is 5.43 Å². The highest BCUT2D eigenvalue weighted by Gasteiger charge is 2.16. The summed E-state index contributed by atoms with van der Waals surface area (Å²) in [7, 11) is 0. The van der Waals surface area contributed by atoms with Gasteiger partial charge in [-0.25, -0.2) is 5.84 Å². The van der Waals surface area contributed by atoms with Crippen LogP contribution in [0.4, 0.5) is 0 Å². The fourth-order valence-corrected chi connectivity index (χ4v) is 2.16. The molecule has 1 saturated carbocycles. The van der Waals surface area contributed by atoms with Crippen LogP contribution < -0.4 is 16.7 Å². The average Bonchev–Trinajstić information content (AvgIpc) is 2.79. The van der Waals surface area contributed by atoms with Crippen LogP contribution in [-0.2, 0) is 0 Å². The highest BCUT2D eigenvalue weighted by Crippen LogP contribution is 2.21.